The highest BCUT2D eigenvalue weighted by atomic mass is 32.1. The number of hydrogen-bond acceptors (Lipinski definition) is 6. The zero-order valence-electron chi connectivity index (χ0n) is 11.5. The molecule has 0 saturated carbocycles. The van der Waals surface area contributed by atoms with Crippen molar-refractivity contribution in [3.8, 4) is 5.88 Å². The van der Waals surface area contributed by atoms with Crippen LogP contribution in [-0.2, 0) is 4.74 Å². The summed E-state index contributed by atoms with van der Waals surface area (Å²) in [6.07, 6.45) is 2.42. The number of aryl methyl sites for hydroxylation is 1. The molecule has 1 saturated heterocycles. The van der Waals surface area contributed by atoms with Gasteiger partial charge in [0.05, 0.1) is 18.9 Å². The third kappa shape index (κ3) is 3.56. The van der Waals surface area contributed by atoms with E-state index in [1.807, 2.05) is 12.3 Å². The Balaban J connectivity index is 1.68. The Bertz CT molecular complexity index is 638. The number of anilines is 1. The lowest BCUT2D eigenvalue weighted by atomic mass is 10.2. The Labute approximate surface area is 126 Å². The Hall–Kier alpha value is -1.99. The van der Waals surface area contributed by atoms with Crippen molar-refractivity contribution in [2.75, 3.05) is 18.5 Å². The number of carbonyl (C=O) groups is 1. The van der Waals surface area contributed by atoms with Crippen LogP contribution in [0.25, 0.3) is 0 Å². The van der Waals surface area contributed by atoms with Crippen molar-refractivity contribution in [3.05, 3.63) is 35.0 Å². The van der Waals surface area contributed by atoms with Gasteiger partial charge in [0.25, 0.3) is 5.91 Å². The Morgan fingerprint density at radius 1 is 1.57 bits per heavy atom. The van der Waals surface area contributed by atoms with E-state index in [1.165, 1.54) is 11.3 Å². The summed E-state index contributed by atoms with van der Waals surface area (Å²) in [5, 5.41) is 5.23. The number of pyridine rings is 1. The molecule has 0 bridgehead atoms. The molecule has 0 aliphatic carbocycles. The molecule has 7 heteroatoms. The summed E-state index contributed by atoms with van der Waals surface area (Å²) >= 11 is 1.40. The average molecular weight is 305 g/mol. The molecule has 6 nitrogen and oxygen atoms in total. The number of aromatic nitrogens is 2. The van der Waals surface area contributed by atoms with Crippen LogP contribution in [0, 0.1) is 6.92 Å². The number of carbonyl (C=O) groups excluding carboxylic acids is 1. The minimum absolute atomic E-state index is 0.0115. The minimum Gasteiger partial charge on any atom is -0.472 e. The molecular weight excluding hydrogens is 290 g/mol. The van der Waals surface area contributed by atoms with E-state index in [1.54, 1.807) is 18.3 Å². The topological polar surface area (TPSA) is 73.3 Å². The molecule has 1 aliphatic rings. The van der Waals surface area contributed by atoms with E-state index in [4.69, 9.17) is 9.47 Å². The van der Waals surface area contributed by atoms with Gasteiger partial charge in [0.1, 0.15) is 6.10 Å². The summed E-state index contributed by atoms with van der Waals surface area (Å²) < 4.78 is 10.9. The second-order valence-electron chi connectivity index (χ2n) is 4.73. The van der Waals surface area contributed by atoms with Crippen LogP contribution in [0.4, 0.5) is 5.13 Å². The Kier molecular flexibility index (Phi) is 4.12. The van der Waals surface area contributed by atoms with Gasteiger partial charge in [-0.25, -0.2) is 9.97 Å². The number of nitrogens with one attached hydrogen (secondary N) is 1. The fourth-order valence-corrected chi connectivity index (χ4v) is 2.66. The van der Waals surface area contributed by atoms with Gasteiger partial charge in [-0.1, -0.05) is 0 Å². The monoisotopic (exact) mass is 305 g/mol. The number of hydrogen-bond donors (Lipinski definition) is 1. The second kappa shape index (κ2) is 6.19. The normalized spacial score (nSPS) is 17.7. The quantitative estimate of drug-likeness (QED) is 0.938. The maximum Gasteiger partial charge on any atom is 0.257 e. The molecule has 1 aliphatic heterocycles. The van der Waals surface area contributed by atoms with E-state index >= 15 is 0 Å². The van der Waals surface area contributed by atoms with Crippen molar-refractivity contribution in [1.82, 2.24) is 9.97 Å². The zero-order valence-corrected chi connectivity index (χ0v) is 12.4. The molecule has 1 N–H and O–H groups in total. The molecular formula is C14H15N3O3S. The number of amides is 1. The van der Waals surface area contributed by atoms with Crippen molar-refractivity contribution in [2.45, 2.75) is 19.4 Å². The lowest BCUT2D eigenvalue weighted by molar-refractivity contribution is 0.102. The predicted octanol–water partition coefficient (Wildman–Crippen LogP) is 2.27. The summed E-state index contributed by atoms with van der Waals surface area (Å²) in [4.78, 5) is 20.5. The minimum atomic E-state index is -0.223. The molecule has 21 heavy (non-hydrogen) atoms. The summed E-state index contributed by atoms with van der Waals surface area (Å²) in [7, 11) is 0. The standard InChI is InChI=1S/C14H15N3O3S/c1-9-8-21-14(16-9)17-13(18)10-2-4-15-12(6-10)20-11-3-5-19-7-11/h2,4,6,8,11H,3,5,7H2,1H3,(H,16,17,18). The number of rotatable bonds is 4. The maximum atomic E-state index is 12.2. The van der Waals surface area contributed by atoms with Crippen LogP contribution in [0.2, 0.25) is 0 Å². The van der Waals surface area contributed by atoms with Gasteiger partial charge in [-0.05, 0) is 13.0 Å². The van der Waals surface area contributed by atoms with E-state index in [9.17, 15) is 4.79 Å². The van der Waals surface area contributed by atoms with Crippen molar-refractivity contribution in [3.63, 3.8) is 0 Å². The predicted molar refractivity (Wildman–Crippen MR) is 78.9 cm³/mol. The number of thiazole rings is 1. The summed E-state index contributed by atoms with van der Waals surface area (Å²) in [5.41, 5.74) is 1.38. The SMILES string of the molecule is Cc1csc(NC(=O)c2ccnc(OC3CCOC3)c2)n1. The fourth-order valence-electron chi connectivity index (χ4n) is 1.97. The van der Waals surface area contributed by atoms with Crippen LogP contribution in [0.1, 0.15) is 22.5 Å². The smallest absolute Gasteiger partial charge is 0.257 e. The maximum absolute atomic E-state index is 12.2. The van der Waals surface area contributed by atoms with Gasteiger partial charge >= 0.3 is 0 Å². The number of nitrogens with zero attached hydrogens (tertiary/aromatic N) is 2. The van der Waals surface area contributed by atoms with Crippen LogP contribution < -0.4 is 10.1 Å². The zero-order chi connectivity index (χ0) is 14.7. The van der Waals surface area contributed by atoms with Gasteiger partial charge in [-0.2, -0.15) is 0 Å². The summed E-state index contributed by atoms with van der Waals surface area (Å²) in [6, 6.07) is 3.28. The molecule has 2 aromatic heterocycles. The van der Waals surface area contributed by atoms with Gasteiger partial charge < -0.3 is 9.47 Å². The van der Waals surface area contributed by atoms with Gasteiger partial charge in [0, 0.05) is 29.6 Å². The average Bonchev–Trinajstić information content (AvgIpc) is 3.11. The molecule has 2 aromatic rings. The largest absolute Gasteiger partial charge is 0.472 e. The lowest BCUT2D eigenvalue weighted by Gasteiger charge is -2.11. The molecule has 1 atom stereocenters. The molecule has 0 aromatic carbocycles. The third-order valence-electron chi connectivity index (χ3n) is 3.01. The van der Waals surface area contributed by atoms with Crippen molar-refractivity contribution >= 4 is 22.4 Å². The first kappa shape index (κ1) is 14.0. The van der Waals surface area contributed by atoms with E-state index in [0.29, 0.717) is 29.8 Å². The lowest BCUT2D eigenvalue weighted by Crippen LogP contribution is -2.17. The van der Waals surface area contributed by atoms with Crippen LogP contribution in [0.15, 0.2) is 23.7 Å². The van der Waals surface area contributed by atoms with Gasteiger partial charge in [0.15, 0.2) is 5.13 Å². The van der Waals surface area contributed by atoms with Crippen molar-refractivity contribution in [2.24, 2.45) is 0 Å². The molecule has 1 fully saturated rings. The molecule has 0 spiro atoms. The van der Waals surface area contributed by atoms with Gasteiger partial charge in [-0.3, -0.25) is 10.1 Å². The van der Waals surface area contributed by atoms with Gasteiger partial charge in [-0.15, -0.1) is 11.3 Å². The Morgan fingerprint density at radius 3 is 3.19 bits per heavy atom. The highest BCUT2D eigenvalue weighted by Gasteiger charge is 2.18. The first-order valence-corrected chi connectivity index (χ1v) is 7.52. The molecule has 3 rings (SSSR count). The fraction of sp³-hybridized carbons (Fsp3) is 0.357. The summed E-state index contributed by atoms with van der Waals surface area (Å²) in [5.74, 6) is 0.216. The molecule has 0 radical (unpaired) electrons. The molecule has 110 valence electrons. The molecule has 1 amide bonds. The van der Waals surface area contributed by atoms with E-state index in [-0.39, 0.29) is 12.0 Å². The highest BCUT2D eigenvalue weighted by Crippen LogP contribution is 2.18. The van der Waals surface area contributed by atoms with Crippen molar-refractivity contribution in [1.29, 1.82) is 0 Å². The van der Waals surface area contributed by atoms with Crippen LogP contribution >= 0.6 is 11.3 Å². The molecule has 3 heterocycles. The van der Waals surface area contributed by atoms with Crippen LogP contribution in [-0.4, -0.2) is 35.2 Å². The van der Waals surface area contributed by atoms with E-state index in [2.05, 4.69) is 15.3 Å². The third-order valence-corrected chi connectivity index (χ3v) is 3.89. The first-order valence-electron chi connectivity index (χ1n) is 6.64. The van der Waals surface area contributed by atoms with E-state index < -0.39 is 0 Å². The first-order chi connectivity index (χ1) is 10.2. The summed E-state index contributed by atoms with van der Waals surface area (Å²) in [6.45, 7) is 3.15. The second-order valence-corrected chi connectivity index (χ2v) is 5.59. The van der Waals surface area contributed by atoms with Gasteiger partial charge in [0.2, 0.25) is 5.88 Å². The highest BCUT2D eigenvalue weighted by molar-refractivity contribution is 7.13. The number of ether oxygens (including phenoxy) is 2. The van der Waals surface area contributed by atoms with E-state index in [0.717, 1.165) is 12.1 Å². The Morgan fingerprint density at radius 2 is 2.48 bits per heavy atom. The van der Waals surface area contributed by atoms with Crippen LogP contribution in [0.3, 0.4) is 0 Å². The van der Waals surface area contributed by atoms with Crippen molar-refractivity contribution < 1.29 is 14.3 Å². The van der Waals surface area contributed by atoms with Crippen LogP contribution in [0.5, 0.6) is 5.88 Å². The molecule has 1 unspecified atom stereocenters.